The number of ether oxygens (including phenoxy) is 1. The number of sulfone groups is 1. The minimum absolute atomic E-state index is 0.000147. The molecular formula is C10H14N2O3S. The molecule has 1 aromatic rings. The highest BCUT2D eigenvalue weighted by molar-refractivity contribution is 7.90. The second-order valence-corrected chi connectivity index (χ2v) is 6.26. The van der Waals surface area contributed by atoms with Crippen LogP contribution in [0.1, 0.15) is 30.9 Å². The van der Waals surface area contributed by atoms with E-state index in [9.17, 15) is 8.42 Å². The first-order valence-electron chi connectivity index (χ1n) is 5.11. The Kier molecular flexibility index (Phi) is 2.61. The molecule has 0 radical (unpaired) electrons. The zero-order chi connectivity index (χ0) is 11.9. The molecule has 0 unspecified atom stereocenters. The van der Waals surface area contributed by atoms with E-state index in [0.717, 1.165) is 0 Å². The number of hydrogen-bond acceptors (Lipinski definition) is 5. The van der Waals surface area contributed by atoms with Crippen molar-refractivity contribution in [2.75, 3.05) is 0 Å². The van der Waals surface area contributed by atoms with Gasteiger partial charge in [0.25, 0.3) is 0 Å². The van der Waals surface area contributed by atoms with Gasteiger partial charge in [0, 0.05) is 0 Å². The molecule has 0 saturated carbocycles. The van der Waals surface area contributed by atoms with Crippen molar-refractivity contribution < 1.29 is 13.2 Å². The fourth-order valence-electron chi connectivity index (χ4n) is 1.69. The number of nitrogens with zero attached hydrogens (tertiary/aromatic N) is 2. The van der Waals surface area contributed by atoms with Gasteiger partial charge in [-0.2, -0.15) is 4.98 Å². The predicted molar refractivity (Wildman–Crippen MR) is 58.9 cm³/mol. The van der Waals surface area contributed by atoms with Crippen LogP contribution in [0, 0.1) is 6.92 Å². The van der Waals surface area contributed by atoms with E-state index in [1.165, 1.54) is 0 Å². The second-order valence-electron chi connectivity index (χ2n) is 4.20. The van der Waals surface area contributed by atoms with Crippen molar-refractivity contribution in [3.8, 4) is 5.88 Å². The van der Waals surface area contributed by atoms with Crippen LogP contribution in [0.4, 0.5) is 0 Å². The summed E-state index contributed by atoms with van der Waals surface area (Å²) in [6, 6.07) is 0. The summed E-state index contributed by atoms with van der Waals surface area (Å²) in [7, 11) is -3.06. The molecule has 0 N–H and O–H groups in total. The van der Waals surface area contributed by atoms with E-state index < -0.39 is 9.84 Å². The first kappa shape index (κ1) is 11.3. The highest BCUT2D eigenvalue weighted by Crippen LogP contribution is 2.30. The standard InChI is InChI=1S/C10H14N2O3S/c1-6(2)15-10-8-4-16(13,14)5-9(8)11-7(3)12-10/h6H,4-5H2,1-3H3. The topological polar surface area (TPSA) is 69.2 Å². The average Bonchev–Trinajstić information content (AvgIpc) is 2.38. The summed E-state index contributed by atoms with van der Waals surface area (Å²) < 4.78 is 28.5. The zero-order valence-corrected chi connectivity index (χ0v) is 10.3. The van der Waals surface area contributed by atoms with Gasteiger partial charge in [-0.1, -0.05) is 0 Å². The molecule has 2 rings (SSSR count). The maximum atomic E-state index is 11.5. The monoisotopic (exact) mass is 242 g/mol. The third-order valence-electron chi connectivity index (χ3n) is 2.23. The van der Waals surface area contributed by atoms with Gasteiger partial charge in [-0.25, -0.2) is 13.4 Å². The molecule has 1 aromatic heterocycles. The predicted octanol–water partition coefficient (Wildman–Crippen LogP) is 1.00. The largest absolute Gasteiger partial charge is 0.475 e. The van der Waals surface area contributed by atoms with Gasteiger partial charge in [0.05, 0.1) is 28.9 Å². The van der Waals surface area contributed by atoms with E-state index in [4.69, 9.17) is 4.74 Å². The van der Waals surface area contributed by atoms with Gasteiger partial charge in [-0.05, 0) is 20.8 Å². The SMILES string of the molecule is Cc1nc2c(c(OC(C)C)n1)CS(=O)(=O)C2. The molecule has 0 aliphatic carbocycles. The molecule has 0 amide bonds. The van der Waals surface area contributed by atoms with Crippen LogP contribution < -0.4 is 4.74 Å². The molecule has 2 heterocycles. The number of hydrogen-bond donors (Lipinski definition) is 0. The molecule has 5 nitrogen and oxygen atoms in total. The lowest BCUT2D eigenvalue weighted by atomic mass is 10.2. The van der Waals surface area contributed by atoms with Gasteiger partial charge in [-0.3, -0.25) is 0 Å². The quantitative estimate of drug-likeness (QED) is 0.773. The maximum absolute atomic E-state index is 11.5. The van der Waals surface area contributed by atoms with Crippen LogP contribution in [-0.2, 0) is 21.3 Å². The highest BCUT2D eigenvalue weighted by Gasteiger charge is 2.30. The van der Waals surface area contributed by atoms with E-state index >= 15 is 0 Å². The fraction of sp³-hybridized carbons (Fsp3) is 0.600. The Morgan fingerprint density at radius 2 is 1.94 bits per heavy atom. The van der Waals surface area contributed by atoms with E-state index in [1.807, 2.05) is 13.8 Å². The van der Waals surface area contributed by atoms with Crippen LogP contribution in [0.2, 0.25) is 0 Å². The lowest BCUT2D eigenvalue weighted by Crippen LogP contribution is -2.10. The first-order chi connectivity index (χ1) is 7.37. The van der Waals surface area contributed by atoms with Crippen LogP contribution in [0.15, 0.2) is 0 Å². The highest BCUT2D eigenvalue weighted by atomic mass is 32.2. The molecule has 0 aromatic carbocycles. The summed E-state index contributed by atoms with van der Waals surface area (Å²) in [5.74, 6) is 0.954. The van der Waals surface area contributed by atoms with Crippen molar-refractivity contribution in [2.24, 2.45) is 0 Å². The van der Waals surface area contributed by atoms with E-state index in [2.05, 4.69) is 9.97 Å². The van der Waals surface area contributed by atoms with Crippen LogP contribution >= 0.6 is 0 Å². The maximum Gasteiger partial charge on any atom is 0.221 e. The van der Waals surface area contributed by atoms with Crippen molar-refractivity contribution in [1.82, 2.24) is 9.97 Å². The molecule has 1 aliphatic rings. The van der Waals surface area contributed by atoms with Crippen molar-refractivity contribution in [2.45, 2.75) is 38.4 Å². The Bertz CT molecular complexity index is 523. The molecular weight excluding hydrogens is 228 g/mol. The van der Waals surface area contributed by atoms with Crippen LogP contribution in [0.3, 0.4) is 0 Å². The second kappa shape index (κ2) is 3.69. The molecule has 0 fully saturated rings. The van der Waals surface area contributed by atoms with E-state index in [0.29, 0.717) is 23.0 Å². The Morgan fingerprint density at radius 3 is 2.56 bits per heavy atom. The molecule has 16 heavy (non-hydrogen) atoms. The van der Waals surface area contributed by atoms with Gasteiger partial charge < -0.3 is 4.74 Å². The summed E-state index contributed by atoms with van der Waals surface area (Å²) in [5.41, 5.74) is 1.21. The van der Waals surface area contributed by atoms with Crippen molar-refractivity contribution in [3.63, 3.8) is 0 Å². The number of rotatable bonds is 2. The summed E-state index contributed by atoms with van der Waals surface area (Å²) >= 11 is 0. The summed E-state index contributed by atoms with van der Waals surface area (Å²) in [6.07, 6.45) is -0.0262. The Labute approximate surface area is 94.8 Å². The van der Waals surface area contributed by atoms with Crippen LogP contribution in [-0.4, -0.2) is 24.5 Å². The minimum Gasteiger partial charge on any atom is -0.475 e. The summed E-state index contributed by atoms with van der Waals surface area (Å²) in [4.78, 5) is 8.30. The Hall–Kier alpha value is -1.17. The molecule has 88 valence electrons. The van der Waals surface area contributed by atoms with Crippen molar-refractivity contribution >= 4 is 9.84 Å². The summed E-state index contributed by atoms with van der Waals surface area (Å²) in [6.45, 7) is 5.50. The van der Waals surface area contributed by atoms with Gasteiger partial charge in [0.1, 0.15) is 5.82 Å². The minimum atomic E-state index is -3.06. The van der Waals surface area contributed by atoms with Crippen molar-refractivity contribution in [1.29, 1.82) is 0 Å². The molecule has 0 saturated heterocycles. The summed E-state index contributed by atoms with van der Waals surface area (Å²) in [5, 5.41) is 0. The van der Waals surface area contributed by atoms with Gasteiger partial charge in [0.15, 0.2) is 9.84 Å². The lowest BCUT2D eigenvalue weighted by molar-refractivity contribution is 0.229. The van der Waals surface area contributed by atoms with E-state index in [-0.39, 0.29) is 17.6 Å². The zero-order valence-electron chi connectivity index (χ0n) is 9.52. The van der Waals surface area contributed by atoms with Crippen molar-refractivity contribution in [3.05, 3.63) is 17.1 Å². The number of aryl methyl sites for hydroxylation is 1. The third-order valence-corrected chi connectivity index (χ3v) is 3.68. The fourth-order valence-corrected chi connectivity index (χ4v) is 3.18. The number of fused-ring (bicyclic) bond motifs is 1. The molecule has 0 spiro atoms. The first-order valence-corrected chi connectivity index (χ1v) is 6.93. The third kappa shape index (κ3) is 2.16. The average molecular weight is 242 g/mol. The van der Waals surface area contributed by atoms with Crippen LogP contribution in [0.5, 0.6) is 5.88 Å². The number of aromatic nitrogens is 2. The smallest absolute Gasteiger partial charge is 0.221 e. The Morgan fingerprint density at radius 1 is 1.25 bits per heavy atom. The molecule has 6 heteroatoms. The van der Waals surface area contributed by atoms with Gasteiger partial charge in [0.2, 0.25) is 5.88 Å². The van der Waals surface area contributed by atoms with Gasteiger partial charge >= 0.3 is 0 Å². The molecule has 0 bridgehead atoms. The lowest BCUT2D eigenvalue weighted by Gasteiger charge is -2.11. The Balaban J connectivity index is 2.49. The molecule has 1 aliphatic heterocycles. The normalized spacial score (nSPS) is 17.5. The molecule has 0 atom stereocenters. The van der Waals surface area contributed by atoms with Crippen LogP contribution in [0.25, 0.3) is 0 Å². The van der Waals surface area contributed by atoms with E-state index in [1.54, 1.807) is 6.92 Å². The van der Waals surface area contributed by atoms with Gasteiger partial charge in [-0.15, -0.1) is 0 Å².